The number of nitro benzene ring substituents is 1. The highest BCUT2D eigenvalue weighted by atomic mass is 16.6. The van der Waals surface area contributed by atoms with E-state index in [-0.39, 0.29) is 24.0 Å². The van der Waals surface area contributed by atoms with Crippen LogP contribution in [-0.4, -0.2) is 48.1 Å². The summed E-state index contributed by atoms with van der Waals surface area (Å²) in [7, 11) is 3.04. The summed E-state index contributed by atoms with van der Waals surface area (Å²) in [5, 5.41) is 19.4. The van der Waals surface area contributed by atoms with Gasteiger partial charge in [-0.1, -0.05) is 0 Å². The lowest BCUT2D eigenvalue weighted by Crippen LogP contribution is -2.28. The summed E-state index contributed by atoms with van der Waals surface area (Å²) >= 11 is 0. The first-order valence-electron chi connectivity index (χ1n) is 6.70. The van der Waals surface area contributed by atoms with Crippen molar-refractivity contribution in [3.8, 4) is 5.75 Å². The molecular weight excluding hydrogens is 276 g/mol. The van der Waals surface area contributed by atoms with Gasteiger partial charge in [-0.15, -0.1) is 0 Å². The Hall–Kier alpha value is -2.15. The van der Waals surface area contributed by atoms with Gasteiger partial charge in [-0.25, -0.2) is 0 Å². The zero-order chi connectivity index (χ0) is 15.8. The Morgan fingerprint density at radius 1 is 1.38 bits per heavy atom. The minimum atomic E-state index is -0.532. The third-order valence-corrected chi connectivity index (χ3v) is 3.12. The largest absolute Gasteiger partial charge is 0.496 e. The maximum Gasteiger partial charge on any atom is 0.273 e. The molecule has 0 aliphatic rings. The van der Waals surface area contributed by atoms with Crippen LogP contribution in [-0.2, 0) is 0 Å². The highest BCUT2D eigenvalue weighted by Gasteiger charge is 2.19. The molecule has 1 N–H and O–H groups in total. The molecule has 0 aliphatic heterocycles. The number of aliphatic hydroxyl groups excluding tert-OH is 1. The van der Waals surface area contributed by atoms with Crippen LogP contribution >= 0.6 is 0 Å². The number of carbonyl (C=O) groups excluding carboxylic acids is 1. The van der Waals surface area contributed by atoms with Crippen LogP contribution in [0.5, 0.6) is 5.75 Å². The van der Waals surface area contributed by atoms with Crippen LogP contribution in [0.25, 0.3) is 0 Å². The van der Waals surface area contributed by atoms with Crippen molar-refractivity contribution in [2.45, 2.75) is 19.3 Å². The second-order valence-electron chi connectivity index (χ2n) is 4.65. The van der Waals surface area contributed by atoms with Crippen molar-refractivity contribution in [3.05, 3.63) is 33.9 Å². The number of rotatable bonds is 8. The maximum absolute atomic E-state index is 12.3. The summed E-state index contributed by atoms with van der Waals surface area (Å²) in [6.45, 7) is 0.701. The molecule has 0 spiro atoms. The number of amides is 1. The van der Waals surface area contributed by atoms with Gasteiger partial charge in [0.15, 0.2) is 0 Å². The molecule has 1 amide bonds. The molecule has 0 aromatic heterocycles. The van der Waals surface area contributed by atoms with Crippen LogP contribution in [0.1, 0.15) is 29.6 Å². The summed E-state index contributed by atoms with van der Waals surface area (Å²) < 4.78 is 5.07. The number of benzene rings is 1. The van der Waals surface area contributed by atoms with E-state index >= 15 is 0 Å². The second kappa shape index (κ2) is 8.21. The summed E-state index contributed by atoms with van der Waals surface area (Å²) in [6.07, 6.45) is 2.34. The topological polar surface area (TPSA) is 92.9 Å². The van der Waals surface area contributed by atoms with Gasteiger partial charge in [-0.3, -0.25) is 14.9 Å². The molecule has 21 heavy (non-hydrogen) atoms. The number of carbonyl (C=O) groups is 1. The lowest BCUT2D eigenvalue weighted by atomic mass is 10.1. The number of nitro groups is 1. The number of nitrogens with zero attached hydrogens (tertiary/aromatic N) is 2. The minimum absolute atomic E-state index is 0.117. The Balaban J connectivity index is 2.79. The molecule has 7 heteroatoms. The Bertz CT molecular complexity index is 504. The number of hydrogen-bond acceptors (Lipinski definition) is 5. The monoisotopic (exact) mass is 296 g/mol. The fraction of sp³-hybridized carbons (Fsp3) is 0.500. The molecule has 0 saturated heterocycles. The van der Waals surface area contributed by atoms with Gasteiger partial charge in [0.25, 0.3) is 11.6 Å². The van der Waals surface area contributed by atoms with Gasteiger partial charge < -0.3 is 14.7 Å². The summed E-state index contributed by atoms with van der Waals surface area (Å²) in [6, 6.07) is 3.94. The Morgan fingerprint density at radius 2 is 2.10 bits per heavy atom. The minimum Gasteiger partial charge on any atom is -0.496 e. The van der Waals surface area contributed by atoms with E-state index in [1.165, 1.54) is 25.3 Å². The average molecular weight is 296 g/mol. The number of ether oxygens (including phenoxy) is 1. The lowest BCUT2D eigenvalue weighted by Gasteiger charge is -2.18. The summed E-state index contributed by atoms with van der Waals surface area (Å²) in [4.78, 5) is 24.0. The standard InChI is InChI=1S/C14H20N2O5/c1-15(8-4-3-5-9-17)14(18)12-7-6-11(16(19)20)10-13(12)21-2/h6-7,10,17H,3-5,8-9H2,1-2H3. The van der Waals surface area contributed by atoms with Crippen LogP contribution in [0.3, 0.4) is 0 Å². The lowest BCUT2D eigenvalue weighted by molar-refractivity contribution is -0.384. The van der Waals surface area contributed by atoms with E-state index in [0.29, 0.717) is 18.5 Å². The van der Waals surface area contributed by atoms with E-state index in [1.807, 2.05) is 0 Å². The number of hydrogen-bond donors (Lipinski definition) is 1. The fourth-order valence-corrected chi connectivity index (χ4v) is 1.91. The number of aliphatic hydroxyl groups is 1. The van der Waals surface area contributed by atoms with Gasteiger partial charge in [0, 0.05) is 26.3 Å². The quantitative estimate of drug-likeness (QED) is 0.449. The highest BCUT2D eigenvalue weighted by molar-refractivity contribution is 5.97. The molecule has 116 valence electrons. The molecule has 0 unspecified atom stereocenters. The van der Waals surface area contributed by atoms with Crippen molar-refractivity contribution in [1.82, 2.24) is 4.90 Å². The van der Waals surface area contributed by atoms with Crippen molar-refractivity contribution in [1.29, 1.82) is 0 Å². The first kappa shape index (κ1) is 16.9. The normalized spacial score (nSPS) is 10.2. The number of non-ortho nitro benzene ring substituents is 1. The summed E-state index contributed by atoms with van der Waals surface area (Å²) in [5.41, 5.74) is 0.182. The van der Waals surface area contributed by atoms with Gasteiger partial charge in [-0.05, 0) is 25.3 Å². The van der Waals surface area contributed by atoms with E-state index in [1.54, 1.807) is 11.9 Å². The molecule has 1 aromatic rings. The molecule has 7 nitrogen and oxygen atoms in total. The molecule has 0 aliphatic carbocycles. The van der Waals surface area contributed by atoms with Crippen molar-refractivity contribution < 1.29 is 19.6 Å². The molecule has 0 atom stereocenters. The van der Waals surface area contributed by atoms with E-state index in [9.17, 15) is 14.9 Å². The molecule has 1 rings (SSSR count). The van der Waals surface area contributed by atoms with Gasteiger partial charge >= 0.3 is 0 Å². The van der Waals surface area contributed by atoms with E-state index in [0.717, 1.165) is 12.8 Å². The Kier molecular flexibility index (Phi) is 6.61. The van der Waals surface area contributed by atoms with Gasteiger partial charge in [0.1, 0.15) is 5.75 Å². The van der Waals surface area contributed by atoms with Gasteiger partial charge in [-0.2, -0.15) is 0 Å². The zero-order valence-electron chi connectivity index (χ0n) is 12.2. The number of methoxy groups -OCH3 is 1. The van der Waals surface area contributed by atoms with E-state index in [4.69, 9.17) is 9.84 Å². The van der Waals surface area contributed by atoms with Crippen molar-refractivity contribution in [3.63, 3.8) is 0 Å². The van der Waals surface area contributed by atoms with Crippen molar-refractivity contribution in [2.75, 3.05) is 27.3 Å². The third kappa shape index (κ3) is 4.71. The molecule has 0 bridgehead atoms. The van der Waals surface area contributed by atoms with Crippen molar-refractivity contribution in [2.24, 2.45) is 0 Å². The van der Waals surface area contributed by atoms with Crippen LogP contribution in [0.2, 0.25) is 0 Å². The molecular formula is C14H20N2O5. The highest BCUT2D eigenvalue weighted by Crippen LogP contribution is 2.25. The van der Waals surface area contributed by atoms with Crippen LogP contribution in [0.4, 0.5) is 5.69 Å². The Labute approximate surface area is 123 Å². The van der Waals surface area contributed by atoms with Crippen LogP contribution in [0.15, 0.2) is 18.2 Å². The first-order valence-corrected chi connectivity index (χ1v) is 6.70. The molecule has 0 heterocycles. The predicted molar refractivity (Wildman–Crippen MR) is 77.5 cm³/mol. The average Bonchev–Trinajstić information content (AvgIpc) is 2.49. The summed E-state index contributed by atoms with van der Waals surface area (Å²) in [5.74, 6) is -0.0536. The second-order valence-corrected chi connectivity index (χ2v) is 4.65. The smallest absolute Gasteiger partial charge is 0.273 e. The molecule has 0 fully saturated rings. The van der Waals surface area contributed by atoms with Gasteiger partial charge in [0.05, 0.1) is 23.7 Å². The SMILES string of the molecule is COc1cc([N+](=O)[O-])ccc1C(=O)N(C)CCCCCO. The fourth-order valence-electron chi connectivity index (χ4n) is 1.91. The third-order valence-electron chi connectivity index (χ3n) is 3.12. The molecule has 0 radical (unpaired) electrons. The Morgan fingerprint density at radius 3 is 2.67 bits per heavy atom. The number of unbranched alkanes of at least 4 members (excludes halogenated alkanes) is 2. The predicted octanol–water partition coefficient (Wildman–Crippen LogP) is 1.84. The zero-order valence-corrected chi connectivity index (χ0v) is 12.2. The van der Waals surface area contributed by atoms with Gasteiger partial charge in [0.2, 0.25) is 0 Å². The first-order chi connectivity index (χ1) is 10.0. The maximum atomic E-state index is 12.3. The van der Waals surface area contributed by atoms with Crippen LogP contribution in [0, 0.1) is 10.1 Å². The van der Waals surface area contributed by atoms with E-state index in [2.05, 4.69) is 0 Å². The molecule has 0 saturated carbocycles. The van der Waals surface area contributed by atoms with Crippen LogP contribution < -0.4 is 4.74 Å². The molecule has 1 aromatic carbocycles. The van der Waals surface area contributed by atoms with Crippen molar-refractivity contribution >= 4 is 11.6 Å². The van der Waals surface area contributed by atoms with E-state index < -0.39 is 4.92 Å².